The number of ether oxygens (including phenoxy) is 2. The number of rotatable bonds is 10. The van der Waals surface area contributed by atoms with Crippen LogP contribution in [0, 0.1) is 22.7 Å². The topological polar surface area (TPSA) is 175 Å². The molecule has 0 radical (unpaired) electrons. The fourth-order valence-corrected chi connectivity index (χ4v) is 8.83. The number of aromatic nitrogens is 4. The molecule has 4 N–H and O–H groups in total. The molecule has 0 bridgehead atoms. The standard InChI is InChI=1S/C46H58N8O6/c1-25(2)37(51-43(57)59-9)41(55)53-23-45(5,6)21-35(53)39-47-31-17-15-29(19-33(31)49-39)27-11-13-28(14-12-27)30-16-18-32-34(20-30)50-40(48-32)36-22-46(7,8)24-54(36)42(56)38(26(3)4)52-44(58)60-10/h11-20,25-26,35-38H,21-24H2,1-10H3,(H,47,49)(H,48,50)(H,51,57)(H,52,58)/t35-,36-,37-,38-/m0/s1. The molecule has 2 aliphatic rings. The van der Waals surface area contributed by atoms with Crippen molar-refractivity contribution in [1.29, 1.82) is 0 Å². The van der Waals surface area contributed by atoms with Crippen molar-refractivity contribution in [3.63, 3.8) is 0 Å². The second-order valence-corrected chi connectivity index (χ2v) is 18.7. The number of likely N-dealkylation sites (tertiary alicyclic amines) is 2. The van der Waals surface area contributed by atoms with Crippen molar-refractivity contribution in [3.8, 4) is 22.3 Å². The van der Waals surface area contributed by atoms with Crippen LogP contribution in [0.1, 0.15) is 92.0 Å². The van der Waals surface area contributed by atoms with Crippen molar-refractivity contribution in [2.45, 2.75) is 92.4 Å². The first-order chi connectivity index (χ1) is 28.4. The molecule has 14 heteroatoms. The van der Waals surface area contributed by atoms with Crippen LogP contribution >= 0.6 is 0 Å². The molecule has 4 atom stereocenters. The maximum absolute atomic E-state index is 13.9. The summed E-state index contributed by atoms with van der Waals surface area (Å²) in [4.78, 5) is 72.8. The molecule has 7 rings (SSSR count). The summed E-state index contributed by atoms with van der Waals surface area (Å²) in [6.45, 7) is 17.3. The van der Waals surface area contributed by atoms with Gasteiger partial charge in [0.1, 0.15) is 23.7 Å². The van der Waals surface area contributed by atoms with Gasteiger partial charge in [-0.3, -0.25) is 9.59 Å². The Balaban J connectivity index is 1.10. The van der Waals surface area contributed by atoms with Crippen molar-refractivity contribution < 1.29 is 28.7 Å². The minimum atomic E-state index is -0.721. The second-order valence-electron chi connectivity index (χ2n) is 18.7. The third-order valence-electron chi connectivity index (χ3n) is 12.0. The van der Waals surface area contributed by atoms with E-state index in [1.54, 1.807) is 0 Å². The van der Waals surface area contributed by atoms with Gasteiger partial charge in [0.2, 0.25) is 11.8 Å². The molecule has 2 aromatic heterocycles. The van der Waals surface area contributed by atoms with Crippen LogP contribution in [-0.4, -0.2) is 93.1 Å². The molecule has 0 spiro atoms. The number of carbonyl (C=O) groups excluding carboxylic acids is 4. The highest BCUT2D eigenvalue weighted by Gasteiger charge is 2.46. The number of fused-ring (bicyclic) bond motifs is 2. The first-order valence-electron chi connectivity index (χ1n) is 20.8. The van der Waals surface area contributed by atoms with Crippen LogP contribution in [0.15, 0.2) is 60.7 Å². The Morgan fingerprint density at radius 3 is 1.30 bits per heavy atom. The summed E-state index contributed by atoms with van der Waals surface area (Å²) in [6, 6.07) is 18.7. The molecule has 4 amide bonds. The lowest BCUT2D eigenvalue weighted by atomic mass is 9.90. The van der Waals surface area contributed by atoms with Crippen molar-refractivity contribution in [2.75, 3.05) is 27.3 Å². The molecule has 0 saturated carbocycles. The predicted molar refractivity (Wildman–Crippen MR) is 231 cm³/mol. The summed E-state index contributed by atoms with van der Waals surface area (Å²) in [5.41, 5.74) is 7.21. The predicted octanol–water partition coefficient (Wildman–Crippen LogP) is 8.13. The van der Waals surface area contributed by atoms with E-state index in [4.69, 9.17) is 19.4 Å². The van der Waals surface area contributed by atoms with E-state index in [2.05, 4.69) is 96.8 Å². The van der Waals surface area contributed by atoms with E-state index in [-0.39, 0.29) is 46.6 Å². The van der Waals surface area contributed by atoms with Gasteiger partial charge in [0.05, 0.1) is 48.4 Å². The summed E-state index contributed by atoms with van der Waals surface area (Å²) in [5.74, 6) is 0.881. The van der Waals surface area contributed by atoms with E-state index in [0.29, 0.717) is 13.1 Å². The molecule has 14 nitrogen and oxygen atoms in total. The Hall–Kier alpha value is -5.92. The maximum atomic E-state index is 13.9. The van der Waals surface area contributed by atoms with Gasteiger partial charge in [0.25, 0.3) is 0 Å². The molecular weight excluding hydrogens is 761 g/mol. The molecule has 4 heterocycles. The Kier molecular flexibility index (Phi) is 11.4. The highest BCUT2D eigenvalue weighted by atomic mass is 16.5. The van der Waals surface area contributed by atoms with Crippen LogP contribution in [-0.2, 0) is 19.1 Å². The largest absolute Gasteiger partial charge is 0.453 e. The van der Waals surface area contributed by atoms with E-state index in [9.17, 15) is 19.2 Å². The van der Waals surface area contributed by atoms with Crippen LogP contribution in [0.3, 0.4) is 0 Å². The van der Waals surface area contributed by atoms with Crippen LogP contribution in [0.2, 0.25) is 0 Å². The molecule has 0 aliphatic carbocycles. The monoisotopic (exact) mass is 818 g/mol. The summed E-state index contributed by atoms with van der Waals surface area (Å²) < 4.78 is 9.63. The van der Waals surface area contributed by atoms with E-state index < -0.39 is 24.3 Å². The number of aromatic amines is 2. The molecule has 0 unspecified atom stereocenters. The molecular formula is C46H58N8O6. The fraction of sp³-hybridized carbons (Fsp3) is 0.478. The lowest BCUT2D eigenvalue weighted by molar-refractivity contribution is -0.136. The van der Waals surface area contributed by atoms with Crippen LogP contribution in [0.25, 0.3) is 44.3 Å². The van der Waals surface area contributed by atoms with Crippen LogP contribution in [0.5, 0.6) is 0 Å². The van der Waals surface area contributed by atoms with Crippen molar-refractivity contribution in [1.82, 2.24) is 40.4 Å². The average molecular weight is 819 g/mol. The number of nitrogens with zero attached hydrogens (tertiary/aromatic N) is 4. The SMILES string of the molecule is COC(=O)N[C@H](C(=O)N1CC(C)(C)C[C@H]1c1nc2cc(-c3ccc(-c4ccc5[nH]c([C@@H]6CC(C)(C)CN6C(=O)[C@@H](NC(=O)OC)C(C)C)nc5c4)cc3)ccc2[nH]1)C(C)C. The number of imidazole rings is 2. The number of hydrogen-bond acceptors (Lipinski definition) is 8. The lowest BCUT2D eigenvalue weighted by Crippen LogP contribution is -2.51. The zero-order valence-corrected chi connectivity index (χ0v) is 36.3. The average Bonchev–Trinajstić information content (AvgIpc) is 3.99. The highest BCUT2D eigenvalue weighted by Crippen LogP contribution is 2.44. The van der Waals surface area contributed by atoms with Gasteiger partial charge in [-0.2, -0.15) is 0 Å². The number of H-pyrrole nitrogens is 2. The summed E-state index contributed by atoms with van der Waals surface area (Å²) in [6.07, 6.45) is 0.197. The molecule has 2 fully saturated rings. The second kappa shape index (κ2) is 16.3. The zero-order chi connectivity index (χ0) is 43.3. The summed E-state index contributed by atoms with van der Waals surface area (Å²) in [7, 11) is 2.59. The Bertz CT molecular complexity index is 2250. The lowest BCUT2D eigenvalue weighted by Gasteiger charge is -2.30. The van der Waals surface area contributed by atoms with Gasteiger partial charge < -0.3 is 39.9 Å². The van der Waals surface area contributed by atoms with Gasteiger partial charge in [0, 0.05) is 13.1 Å². The van der Waals surface area contributed by atoms with Crippen molar-refractivity contribution >= 4 is 46.1 Å². The van der Waals surface area contributed by atoms with Crippen molar-refractivity contribution in [3.05, 3.63) is 72.3 Å². The first kappa shape index (κ1) is 42.2. The molecule has 318 valence electrons. The van der Waals surface area contributed by atoms with Gasteiger partial charge in [0.15, 0.2) is 0 Å². The highest BCUT2D eigenvalue weighted by molar-refractivity contribution is 5.89. The minimum absolute atomic E-state index is 0.131. The molecule has 5 aromatic rings. The van der Waals surface area contributed by atoms with Gasteiger partial charge in [-0.25, -0.2) is 19.6 Å². The number of carbonyl (C=O) groups is 4. The van der Waals surface area contributed by atoms with Gasteiger partial charge in [-0.1, -0.05) is 91.8 Å². The van der Waals surface area contributed by atoms with Gasteiger partial charge in [-0.05, 0) is 82.0 Å². The first-order valence-corrected chi connectivity index (χ1v) is 20.8. The number of alkyl carbamates (subject to hydrolysis) is 2. The number of benzene rings is 3. The van der Waals surface area contributed by atoms with Crippen molar-refractivity contribution in [2.24, 2.45) is 22.7 Å². The Morgan fingerprint density at radius 1 is 0.617 bits per heavy atom. The Morgan fingerprint density at radius 2 is 0.967 bits per heavy atom. The van der Waals surface area contributed by atoms with E-state index in [0.717, 1.165) is 68.8 Å². The third kappa shape index (κ3) is 8.55. The van der Waals surface area contributed by atoms with Crippen LogP contribution in [0.4, 0.5) is 9.59 Å². The summed E-state index contributed by atoms with van der Waals surface area (Å²) >= 11 is 0. The normalized spacial score (nSPS) is 19.5. The van der Waals surface area contributed by atoms with E-state index in [1.165, 1.54) is 14.2 Å². The van der Waals surface area contributed by atoms with Gasteiger partial charge >= 0.3 is 12.2 Å². The number of methoxy groups -OCH3 is 2. The minimum Gasteiger partial charge on any atom is -0.453 e. The van der Waals surface area contributed by atoms with Gasteiger partial charge in [-0.15, -0.1) is 0 Å². The summed E-state index contributed by atoms with van der Waals surface area (Å²) in [5, 5.41) is 5.47. The third-order valence-corrected chi connectivity index (χ3v) is 12.0. The van der Waals surface area contributed by atoms with E-state index >= 15 is 0 Å². The molecule has 2 aliphatic heterocycles. The maximum Gasteiger partial charge on any atom is 0.407 e. The van der Waals surface area contributed by atoms with E-state index in [1.807, 2.05) is 49.6 Å². The number of nitrogens with one attached hydrogen (secondary N) is 4. The smallest absolute Gasteiger partial charge is 0.407 e. The Labute approximate surface area is 351 Å². The quantitative estimate of drug-likeness (QED) is 0.109. The molecule has 3 aromatic carbocycles. The number of hydrogen-bond donors (Lipinski definition) is 4. The fourth-order valence-electron chi connectivity index (χ4n) is 8.83. The molecule has 60 heavy (non-hydrogen) atoms. The number of amides is 4. The molecule has 2 saturated heterocycles. The van der Waals surface area contributed by atoms with Crippen LogP contribution < -0.4 is 10.6 Å². The zero-order valence-electron chi connectivity index (χ0n) is 36.3.